The molecule has 0 atom stereocenters. The third-order valence-electron chi connectivity index (χ3n) is 2.67. The second-order valence-electron chi connectivity index (χ2n) is 3.45. The molecule has 14 heavy (non-hydrogen) atoms. The van der Waals surface area contributed by atoms with Crippen LogP contribution in [0.4, 0.5) is 0 Å². The van der Waals surface area contributed by atoms with E-state index in [9.17, 15) is 0 Å². The summed E-state index contributed by atoms with van der Waals surface area (Å²) in [6.45, 7) is 1.95. The van der Waals surface area contributed by atoms with Crippen LogP contribution in [0.3, 0.4) is 0 Å². The number of rotatable bonds is 4. The number of nitrogens with one attached hydrogen (secondary N) is 3. The molecule has 0 unspecified atom stereocenters. The molecule has 4 nitrogen and oxygen atoms in total. The van der Waals surface area contributed by atoms with Crippen LogP contribution in [0, 0.1) is 10.8 Å². The molecule has 1 aliphatic heterocycles. The second-order valence-corrected chi connectivity index (χ2v) is 3.45. The summed E-state index contributed by atoms with van der Waals surface area (Å²) >= 11 is 0. The first-order valence-corrected chi connectivity index (χ1v) is 4.95. The van der Waals surface area contributed by atoms with E-state index >= 15 is 0 Å². The van der Waals surface area contributed by atoms with Crippen molar-refractivity contribution in [1.29, 1.82) is 10.8 Å². The molecule has 0 aromatic carbocycles. The molecule has 1 saturated heterocycles. The molecule has 0 saturated carbocycles. The fourth-order valence-electron chi connectivity index (χ4n) is 1.76. The minimum atomic E-state index is 0.609. The van der Waals surface area contributed by atoms with Gasteiger partial charge in [-0.25, -0.2) is 0 Å². The van der Waals surface area contributed by atoms with E-state index in [-0.39, 0.29) is 0 Å². The van der Waals surface area contributed by atoms with Crippen LogP contribution in [0.25, 0.3) is 0 Å². The normalized spacial score (nSPS) is 19.5. The number of allylic oxidation sites excluding steroid dienone is 2. The molecule has 1 rings (SSSR count). The van der Waals surface area contributed by atoms with Crippen LogP contribution in [0.15, 0.2) is 11.8 Å². The van der Waals surface area contributed by atoms with Gasteiger partial charge in [0.15, 0.2) is 0 Å². The Bertz CT molecular complexity index is 226. The van der Waals surface area contributed by atoms with Crippen LogP contribution in [-0.4, -0.2) is 43.5 Å². The molecule has 0 aromatic heterocycles. The topological polar surface area (TPSA) is 63.0 Å². The Labute approximate surface area is 85.0 Å². The summed E-state index contributed by atoms with van der Waals surface area (Å²) in [6, 6.07) is 0.609. The lowest BCUT2D eigenvalue weighted by atomic mass is 10.0. The van der Waals surface area contributed by atoms with E-state index in [0.29, 0.717) is 6.04 Å². The third kappa shape index (κ3) is 2.67. The summed E-state index contributed by atoms with van der Waals surface area (Å²) in [7, 11) is 1.99. The maximum absolute atomic E-state index is 7.24. The highest BCUT2D eigenvalue weighted by Gasteiger charge is 2.17. The van der Waals surface area contributed by atoms with Gasteiger partial charge in [0.25, 0.3) is 0 Å². The molecule has 3 N–H and O–H groups in total. The summed E-state index contributed by atoms with van der Waals surface area (Å²) in [4.78, 5) is 2.16. The van der Waals surface area contributed by atoms with Gasteiger partial charge >= 0.3 is 0 Å². The summed E-state index contributed by atoms with van der Waals surface area (Å²) in [6.07, 6.45) is 6.46. The van der Waals surface area contributed by atoms with Crippen molar-refractivity contribution in [3.05, 3.63) is 11.8 Å². The predicted molar refractivity (Wildman–Crippen MR) is 59.3 cm³/mol. The number of hydrogen-bond donors (Lipinski definition) is 3. The lowest BCUT2D eigenvalue weighted by Gasteiger charge is -2.33. The minimum absolute atomic E-state index is 0.609. The Hall–Kier alpha value is -1.16. The van der Waals surface area contributed by atoms with Crippen LogP contribution < -0.4 is 5.32 Å². The van der Waals surface area contributed by atoms with E-state index in [1.807, 2.05) is 7.05 Å². The first-order valence-electron chi connectivity index (χ1n) is 4.95. The van der Waals surface area contributed by atoms with E-state index < -0.39 is 0 Å². The van der Waals surface area contributed by atoms with Crippen molar-refractivity contribution >= 4 is 12.4 Å². The van der Waals surface area contributed by atoms with E-state index in [4.69, 9.17) is 10.8 Å². The molecular weight excluding hydrogens is 176 g/mol. The van der Waals surface area contributed by atoms with Crippen molar-refractivity contribution in [3.8, 4) is 0 Å². The fourth-order valence-corrected chi connectivity index (χ4v) is 1.76. The first kappa shape index (κ1) is 10.9. The van der Waals surface area contributed by atoms with E-state index in [2.05, 4.69) is 10.2 Å². The van der Waals surface area contributed by atoms with Gasteiger partial charge in [-0.15, -0.1) is 0 Å². The van der Waals surface area contributed by atoms with Gasteiger partial charge in [0.2, 0.25) is 0 Å². The van der Waals surface area contributed by atoms with Gasteiger partial charge in [0, 0.05) is 31.6 Å². The highest BCUT2D eigenvalue weighted by atomic mass is 15.2. The predicted octanol–water partition coefficient (Wildman–Crippen LogP) is 0.853. The van der Waals surface area contributed by atoms with Gasteiger partial charge in [-0.2, -0.15) is 0 Å². The molecule has 1 fully saturated rings. The van der Waals surface area contributed by atoms with E-state index in [1.165, 1.54) is 12.4 Å². The third-order valence-corrected chi connectivity index (χ3v) is 2.67. The van der Waals surface area contributed by atoms with E-state index in [1.54, 1.807) is 6.08 Å². The number of likely N-dealkylation sites (tertiary alicyclic amines) is 1. The Morgan fingerprint density at radius 3 is 2.43 bits per heavy atom. The van der Waals surface area contributed by atoms with Crippen LogP contribution in [0.1, 0.15) is 12.8 Å². The molecule has 0 aliphatic carbocycles. The molecule has 0 spiro atoms. The lowest BCUT2D eigenvalue weighted by Crippen LogP contribution is -2.40. The van der Waals surface area contributed by atoms with Crippen molar-refractivity contribution < 1.29 is 0 Å². The molecule has 1 aliphatic rings. The highest BCUT2D eigenvalue weighted by Crippen LogP contribution is 2.13. The van der Waals surface area contributed by atoms with Crippen molar-refractivity contribution in [2.24, 2.45) is 0 Å². The molecule has 0 radical (unpaired) electrons. The van der Waals surface area contributed by atoms with Crippen molar-refractivity contribution in [1.82, 2.24) is 10.2 Å². The average Bonchev–Trinajstić information content (AvgIpc) is 2.26. The van der Waals surface area contributed by atoms with Crippen LogP contribution in [-0.2, 0) is 0 Å². The fraction of sp³-hybridized carbons (Fsp3) is 0.600. The summed E-state index contributed by atoms with van der Waals surface area (Å²) in [5.74, 6) is 0. The largest absolute Gasteiger partial charge is 0.370 e. The van der Waals surface area contributed by atoms with Gasteiger partial charge in [0.05, 0.1) is 5.70 Å². The molecule has 0 amide bonds. The maximum Gasteiger partial charge on any atom is 0.0560 e. The molecule has 1 heterocycles. The van der Waals surface area contributed by atoms with Crippen LogP contribution >= 0.6 is 0 Å². The van der Waals surface area contributed by atoms with Gasteiger partial charge in [-0.05, 0) is 26.0 Å². The van der Waals surface area contributed by atoms with Gasteiger partial charge in [-0.1, -0.05) is 0 Å². The summed E-state index contributed by atoms with van der Waals surface area (Å²) in [5, 5.41) is 17.5. The maximum atomic E-state index is 7.24. The second kappa shape index (κ2) is 5.54. The zero-order valence-corrected chi connectivity index (χ0v) is 8.59. The summed E-state index contributed by atoms with van der Waals surface area (Å²) in [5.41, 5.74) is 0.842. The van der Waals surface area contributed by atoms with Gasteiger partial charge in [0.1, 0.15) is 0 Å². The van der Waals surface area contributed by atoms with Crippen molar-refractivity contribution in [3.63, 3.8) is 0 Å². The summed E-state index contributed by atoms with van der Waals surface area (Å²) < 4.78 is 0. The standard InChI is InChI=1S/C10H18N4/c1-13-9-3-6-14(7-4-9)10(8-12)2-5-11/h2,5,8-9,11-13H,3-4,6-7H2,1H3/b10-2+,11-5?,12-8?. The monoisotopic (exact) mass is 194 g/mol. The highest BCUT2D eigenvalue weighted by molar-refractivity contribution is 5.83. The number of piperidine rings is 1. The molecule has 0 bridgehead atoms. The first-order chi connectivity index (χ1) is 6.81. The number of nitrogens with zero attached hydrogens (tertiary/aromatic N) is 1. The molecule has 4 heteroatoms. The Balaban J connectivity index is 2.51. The zero-order chi connectivity index (χ0) is 10.4. The lowest BCUT2D eigenvalue weighted by molar-refractivity contribution is 0.258. The minimum Gasteiger partial charge on any atom is -0.370 e. The quantitative estimate of drug-likeness (QED) is 0.581. The Morgan fingerprint density at radius 2 is 2.00 bits per heavy atom. The zero-order valence-electron chi connectivity index (χ0n) is 8.59. The van der Waals surface area contributed by atoms with Gasteiger partial charge in [-0.3, -0.25) is 0 Å². The van der Waals surface area contributed by atoms with E-state index in [0.717, 1.165) is 31.6 Å². The SMILES string of the molecule is CNC1CCN(/C(C=N)=C/C=N)CC1. The van der Waals surface area contributed by atoms with Gasteiger partial charge < -0.3 is 21.0 Å². The molecular formula is C10H18N4. The Kier molecular flexibility index (Phi) is 4.32. The van der Waals surface area contributed by atoms with Crippen LogP contribution in [0.5, 0.6) is 0 Å². The molecule has 0 aromatic rings. The van der Waals surface area contributed by atoms with Crippen LogP contribution in [0.2, 0.25) is 0 Å². The molecule has 78 valence electrons. The Morgan fingerprint density at radius 1 is 1.36 bits per heavy atom. The average molecular weight is 194 g/mol. The van der Waals surface area contributed by atoms with Crippen molar-refractivity contribution in [2.75, 3.05) is 20.1 Å². The smallest absolute Gasteiger partial charge is 0.0560 e. The number of hydrogen-bond acceptors (Lipinski definition) is 4. The van der Waals surface area contributed by atoms with Crippen molar-refractivity contribution in [2.45, 2.75) is 18.9 Å².